The Bertz CT molecular complexity index is 758. The van der Waals surface area contributed by atoms with Crippen molar-refractivity contribution in [3.63, 3.8) is 0 Å². The molecule has 0 aliphatic carbocycles. The lowest BCUT2D eigenvalue weighted by atomic mass is 10.1. The summed E-state index contributed by atoms with van der Waals surface area (Å²) in [5.41, 5.74) is 7.69. The van der Waals surface area contributed by atoms with Crippen LogP contribution in [0.1, 0.15) is 5.56 Å². The Morgan fingerprint density at radius 1 is 1.10 bits per heavy atom. The van der Waals surface area contributed by atoms with Crippen molar-refractivity contribution >= 4 is 28.1 Å². The van der Waals surface area contributed by atoms with E-state index in [1.807, 2.05) is 42.5 Å². The molecule has 20 heavy (non-hydrogen) atoms. The monoisotopic (exact) mass is 284 g/mol. The molecule has 0 radical (unpaired) electrons. The van der Waals surface area contributed by atoms with Crippen molar-refractivity contribution in [3.05, 3.63) is 65.4 Å². The van der Waals surface area contributed by atoms with Gasteiger partial charge in [-0.05, 0) is 35.9 Å². The van der Waals surface area contributed by atoms with Gasteiger partial charge in [-0.2, -0.15) is 0 Å². The third kappa shape index (κ3) is 2.53. The molecule has 1 aromatic heterocycles. The number of ether oxygens (including phenoxy) is 1. The molecule has 4 heteroatoms. The second-order valence-corrected chi connectivity index (χ2v) is 4.93. The highest BCUT2D eigenvalue weighted by Crippen LogP contribution is 2.29. The summed E-state index contributed by atoms with van der Waals surface area (Å²) in [6.07, 6.45) is 3.48. The molecular formula is C16H13ClN2O. The average Bonchev–Trinajstić information content (AvgIpc) is 2.47. The van der Waals surface area contributed by atoms with Crippen LogP contribution in [0, 0.1) is 0 Å². The molecule has 1 heterocycles. The number of nitrogen functional groups attached to an aromatic ring is 1. The van der Waals surface area contributed by atoms with E-state index < -0.39 is 0 Å². The number of anilines is 1. The van der Waals surface area contributed by atoms with Gasteiger partial charge in [0.05, 0.1) is 0 Å². The maximum Gasteiger partial charge on any atom is 0.129 e. The van der Waals surface area contributed by atoms with E-state index in [1.54, 1.807) is 12.4 Å². The van der Waals surface area contributed by atoms with Gasteiger partial charge in [0.1, 0.15) is 12.4 Å². The third-order valence-corrected chi connectivity index (χ3v) is 3.33. The molecule has 0 amide bonds. The maximum absolute atomic E-state index is 5.96. The number of rotatable bonds is 3. The number of nitrogens with zero attached hydrogens (tertiary/aromatic N) is 1. The minimum Gasteiger partial charge on any atom is -0.488 e. The van der Waals surface area contributed by atoms with Gasteiger partial charge in [-0.3, -0.25) is 4.98 Å². The van der Waals surface area contributed by atoms with E-state index in [0.29, 0.717) is 11.6 Å². The van der Waals surface area contributed by atoms with Gasteiger partial charge in [-0.25, -0.2) is 0 Å². The van der Waals surface area contributed by atoms with E-state index in [4.69, 9.17) is 22.1 Å². The van der Waals surface area contributed by atoms with Gasteiger partial charge in [0, 0.05) is 33.9 Å². The van der Waals surface area contributed by atoms with E-state index in [0.717, 1.165) is 27.8 Å². The molecule has 0 fully saturated rings. The molecule has 0 aliphatic heterocycles. The summed E-state index contributed by atoms with van der Waals surface area (Å²) in [5.74, 6) is 0.766. The van der Waals surface area contributed by atoms with Crippen LogP contribution >= 0.6 is 11.6 Å². The zero-order valence-corrected chi connectivity index (χ0v) is 11.5. The van der Waals surface area contributed by atoms with Crippen LogP contribution < -0.4 is 10.5 Å². The molecule has 0 unspecified atom stereocenters. The van der Waals surface area contributed by atoms with Crippen molar-refractivity contribution in [1.82, 2.24) is 4.98 Å². The molecular weight excluding hydrogens is 272 g/mol. The van der Waals surface area contributed by atoms with Crippen LogP contribution in [-0.4, -0.2) is 4.98 Å². The lowest BCUT2D eigenvalue weighted by Crippen LogP contribution is -1.97. The van der Waals surface area contributed by atoms with Crippen LogP contribution in [0.15, 0.2) is 54.9 Å². The number of hydrogen-bond donors (Lipinski definition) is 1. The maximum atomic E-state index is 5.96. The van der Waals surface area contributed by atoms with Crippen molar-refractivity contribution in [2.75, 3.05) is 5.73 Å². The van der Waals surface area contributed by atoms with Gasteiger partial charge in [0.2, 0.25) is 0 Å². The highest BCUT2D eigenvalue weighted by molar-refractivity contribution is 6.30. The zero-order chi connectivity index (χ0) is 13.9. The van der Waals surface area contributed by atoms with Gasteiger partial charge in [-0.15, -0.1) is 0 Å². The molecule has 0 bridgehead atoms. The fourth-order valence-corrected chi connectivity index (χ4v) is 2.31. The number of nitrogens with two attached hydrogens (primary N) is 1. The first-order chi connectivity index (χ1) is 9.74. The fraction of sp³-hybridized carbons (Fsp3) is 0.0625. The topological polar surface area (TPSA) is 48.1 Å². The SMILES string of the molecule is Nc1ccc(OCc2cccc(Cl)c2)c2cnccc12. The lowest BCUT2D eigenvalue weighted by molar-refractivity contribution is 0.310. The quantitative estimate of drug-likeness (QED) is 0.738. The molecule has 3 rings (SSSR count). The van der Waals surface area contributed by atoms with E-state index >= 15 is 0 Å². The van der Waals surface area contributed by atoms with Crippen LogP contribution in [0.3, 0.4) is 0 Å². The Morgan fingerprint density at radius 3 is 2.85 bits per heavy atom. The molecule has 3 aromatic rings. The van der Waals surface area contributed by atoms with Crippen molar-refractivity contribution in [1.29, 1.82) is 0 Å². The summed E-state index contributed by atoms with van der Waals surface area (Å²) in [4.78, 5) is 4.13. The summed E-state index contributed by atoms with van der Waals surface area (Å²) in [6.45, 7) is 0.453. The van der Waals surface area contributed by atoms with E-state index in [9.17, 15) is 0 Å². The molecule has 3 nitrogen and oxygen atoms in total. The molecule has 2 aromatic carbocycles. The summed E-state index contributed by atoms with van der Waals surface area (Å²) >= 11 is 5.96. The van der Waals surface area contributed by atoms with Crippen LogP contribution in [-0.2, 0) is 6.61 Å². The molecule has 0 saturated carbocycles. The zero-order valence-electron chi connectivity index (χ0n) is 10.7. The third-order valence-electron chi connectivity index (χ3n) is 3.10. The first kappa shape index (κ1) is 12.8. The van der Waals surface area contributed by atoms with E-state index in [2.05, 4.69) is 4.98 Å². The summed E-state index contributed by atoms with van der Waals surface area (Å²) in [5, 5.41) is 2.56. The van der Waals surface area contributed by atoms with Crippen molar-refractivity contribution in [3.8, 4) is 5.75 Å². The molecule has 0 spiro atoms. The Kier molecular flexibility index (Phi) is 3.44. The van der Waals surface area contributed by atoms with Gasteiger partial charge >= 0.3 is 0 Å². The lowest BCUT2D eigenvalue weighted by Gasteiger charge is -2.10. The standard InChI is InChI=1S/C16H13ClN2O/c17-12-3-1-2-11(8-12)10-20-16-5-4-15(18)13-6-7-19-9-14(13)16/h1-9H,10,18H2. The Labute approximate surface area is 122 Å². The van der Waals surface area contributed by atoms with Crippen molar-refractivity contribution in [2.24, 2.45) is 0 Å². The van der Waals surface area contributed by atoms with Gasteiger partial charge in [0.15, 0.2) is 0 Å². The Hall–Kier alpha value is -2.26. The first-order valence-corrected chi connectivity index (χ1v) is 6.61. The molecule has 0 atom stereocenters. The predicted octanol–water partition coefficient (Wildman–Crippen LogP) is 4.05. The molecule has 0 saturated heterocycles. The minimum atomic E-state index is 0.453. The largest absolute Gasteiger partial charge is 0.488 e. The van der Waals surface area contributed by atoms with Crippen molar-refractivity contribution in [2.45, 2.75) is 6.61 Å². The smallest absolute Gasteiger partial charge is 0.129 e. The fourth-order valence-electron chi connectivity index (χ4n) is 2.10. The van der Waals surface area contributed by atoms with Crippen LogP contribution in [0.4, 0.5) is 5.69 Å². The van der Waals surface area contributed by atoms with E-state index in [-0.39, 0.29) is 0 Å². The number of halogens is 1. The number of benzene rings is 2. The molecule has 0 aliphatic rings. The summed E-state index contributed by atoms with van der Waals surface area (Å²) in [6, 6.07) is 13.2. The molecule has 2 N–H and O–H groups in total. The predicted molar refractivity (Wildman–Crippen MR) is 81.9 cm³/mol. The van der Waals surface area contributed by atoms with Crippen molar-refractivity contribution < 1.29 is 4.74 Å². The van der Waals surface area contributed by atoms with Gasteiger partial charge in [0.25, 0.3) is 0 Å². The Balaban J connectivity index is 1.90. The van der Waals surface area contributed by atoms with Crippen LogP contribution in [0.25, 0.3) is 10.8 Å². The Morgan fingerprint density at radius 2 is 2.00 bits per heavy atom. The molecule has 100 valence electrons. The highest BCUT2D eigenvalue weighted by atomic mass is 35.5. The summed E-state index contributed by atoms with van der Waals surface area (Å²) in [7, 11) is 0. The first-order valence-electron chi connectivity index (χ1n) is 6.23. The number of hydrogen-bond acceptors (Lipinski definition) is 3. The van der Waals surface area contributed by atoms with Crippen LogP contribution in [0.2, 0.25) is 5.02 Å². The number of aromatic nitrogens is 1. The van der Waals surface area contributed by atoms with Gasteiger partial charge in [-0.1, -0.05) is 23.7 Å². The second-order valence-electron chi connectivity index (χ2n) is 4.49. The highest BCUT2D eigenvalue weighted by Gasteiger charge is 2.05. The van der Waals surface area contributed by atoms with E-state index in [1.165, 1.54) is 0 Å². The number of fused-ring (bicyclic) bond motifs is 1. The second kappa shape index (κ2) is 5.39. The van der Waals surface area contributed by atoms with Crippen LogP contribution in [0.5, 0.6) is 5.75 Å². The summed E-state index contributed by atoms with van der Waals surface area (Å²) < 4.78 is 5.86. The normalized spacial score (nSPS) is 10.7. The minimum absolute atomic E-state index is 0.453. The average molecular weight is 285 g/mol. The number of pyridine rings is 1. The van der Waals surface area contributed by atoms with Gasteiger partial charge < -0.3 is 10.5 Å².